The average Bonchev–Trinajstić information content (AvgIpc) is 3.67. The Labute approximate surface area is 198 Å². The van der Waals surface area contributed by atoms with E-state index in [4.69, 9.17) is 7.85 Å². The van der Waals surface area contributed by atoms with Gasteiger partial charge in [-0.25, -0.2) is 9.18 Å². The molecule has 35 heavy (non-hydrogen) atoms. The number of nitrogens with zero attached hydrogens (tertiary/aromatic N) is 4. The zero-order valence-electron chi connectivity index (χ0n) is 18.9. The van der Waals surface area contributed by atoms with Crippen molar-refractivity contribution in [1.82, 2.24) is 13.7 Å². The maximum absolute atomic E-state index is 14.6. The van der Waals surface area contributed by atoms with E-state index in [0.29, 0.717) is 18.5 Å². The summed E-state index contributed by atoms with van der Waals surface area (Å²) in [5.74, 6) is -0.627. The normalized spacial score (nSPS) is 13.2. The van der Waals surface area contributed by atoms with Crippen LogP contribution < -0.4 is 27.6 Å². The average molecular weight is 471 g/mol. The van der Waals surface area contributed by atoms with Crippen molar-refractivity contribution in [2.75, 3.05) is 5.32 Å². The summed E-state index contributed by atoms with van der Waals surface area (Å²) < 4.78 is 18.3. The van der Waals surface area contributed by atoms with Crippen LogP contribution in [-0.2, 0) is 7.05 Å². The van der Waals surface area contributed by atoms with E-state index in [0.717, 1.165) is 6.07 Å². The lowest BCUT2D eigenvalue weighted by Gasteiger charge is -2.20. The first-order valence-corrected chi connectivity index (χ1v) is 10.9. The number of rotatable bonds is 5. The third-order valence-electron chi connectivity index (χ3n) is 6.21. The summed E-state index contributed by atoms with van der Waals surface area (Å²) in [7, 11) is 7.12. The Balaban J connectivity index is 1.92. The van der Waals surface area contributed by atoms with E-state index < -0.39 is 22.6 Å². The molecule has 1 N–H and O–H groups in total. The summed E-state index contributed by atoms with van der Waals surface area (Å²) in [5, 5.41) is 5.81. The van der Waals surface area contributed by atoms with Crippen molar-refractivity contribution < 1.29 is 4.39 Å². The Hall–Kier alpha value is -4.28. The number of pyridine rings is 1. The predicted molar refractivity (Wildman–Crippen MR) is 133 cm³/mol. The number of nitroso groups, excluding NO2 is 1. The topological polar surface area (TPSA) is 107 Å². The fourth-order valence-corrected chi connectivity index (χ4v) is 4.28. The molecule has 2 aromatic carbocycles. The Kier molecular flexibility index (Phi) is 5.27. The molecule has 11 heteroatoms. The standard InChI is InChI=1S/C24H19BFN5O4/c1-12-20-19(21(29(2)22(12)32)27-18-10-3-13(25)11-17(18)26)23(33)31(16-8-9-16)24(34)30(20)15-6-4-14(28-35)5-7-15/h3-7,10-11,16,27H,8-9H2,1-2H3. The van der Waals surface area contributed by atoms with E-state index in [1.54, 1.807) is 0 Å². The Morgan fingerprint density at radius 2 is 1.74 bits per heavy atom. The molecule has 174 valence electrons. The molecular weight excluding hydrogens is 452 g/mol. The molecule has 1 aliphatic rings. The highest BCUT2D eigenvalue weighted by Gasteiger charge is 2.31. The number of aryl methyl sites for hydroxylation is 1. The molecule has 0 spiro atoms. The van der Waals surface area contributed by atoms with Crippen LogP contribution in [0.1, 0.15) is 24.4 Å². The summed E-state index contributed by atoms with van der Waals surface area (Å²) in [6.07, 6.45) is 1.32. The third-order valence-corrected chi connectivity index (χ3v) is 6.21. The van der Waals surface area contributed by atoms with Crippen molar-refractivity contribution in [2.45, 2.75) is 25.8 Å². The fraction of sp³-hybridized carbons (Fsp3) is 0.208. The van der Waals surface area contributed by atoms with E-state index in [1.165, 1.54) is 64.1 Å². The molecule has 2 heterocycles. The lowest BCUT2D eigenvalue weighted by Crippen LogP contribution is -2.41. The molecule has 1 aliphatic carbocycles. The lowest BCUT2D eigenvalue weighted by molar-refractivity contribution is 0.632. The minimum atomic E-state index is -0.668. The van der Waals surface area contributed by atoms with Crippen molar-refractivity contribution in [2.24, 2.45) is 12.2 Å². The molecule has 2 radical (unpaired) electrons. The Bertz CT molecular complexity index is 1700. The number of nitrogens with one attached hydrogen (secondary N) is 1. The van der Waals surface area contributed by atoms with Crippen LogP contribution in [0.15, 0.2) is 62.0 Å². The summed E-state index contributed by atoms with van der Waals surface area (Å²) in [6.45, 7) is 1.52. The molecule has 0 atom stereocenters. The quantitative estimate of drug-likeness (QED) is 0.356. The lowest BCUT2D eigenvalue weighted by atomic mass is 9.96. The van der Waals surface area contributed by atoms with Crippen LogP contribution in [0.4, 0.5) is 21.6 Å². The molecule has 5 rings (SSSR count). The van der Waals surface area contributed by atoms with Crippen LogP contribution in [0, 0.1) is 17.6 Å². The van der Waals surface area contributed by atoms with Gasteiger partial charge in [-0.3, -0.25) is 23.3 Å². The van der Waals surface area contributed by atoms with Gasteiger partial charge in [0.1, 0.15) is 30.6 Å². The first-order chi connectivity index (χ1) is 16.7. The monoisotopic (exact) mass is 471 g/mol. The summed E-state index contributed by atoms with van der Waals surface area (Å²) in [6, 6.07) is 9.64. The maximum Gasteiger partial charge on any atom is 0.336 e. The molecule has 0 saturated heterocycles. The van der Waals surface area contributed by atoms with E-state index in [2.05, 4.69) is 10.5 Å². The minimum Gasteiger partial charge on any atom is -0.338 e. The van der Waals surface area contributed by atoms with Crippen molar-refractivity contribution >= 4 is 41.4 Å². The molecule has 9 nitrogen and oxygen atoms in total. The van der Waals surface area contributed by atoms with Gasteiger partial charge < -0.3 is 5.32 Å². The molecule has 1 fully saturated rings. The van der Waals surface area contributed by atoms with Gasteiger partial charge in [0.2, 0.25) is 0 Å². The van der Waals surface area contributed by atoms with Crippen molar-refractivity contribution in [3.8, 4) is 5.69 Å². The number of hydrogen-bond acceptors (Lipinski definition) is 6. The second kappa shape index (κ2) is 8.19. The molecule has 2 aromatic heterocycles. The molecule has 0 aliphatic heterocycles. The molecule has 0 amide bonds. The van der Waals surface area contributed by atoms with Crippen LogP contribution in [0.2, 0.25) is 0 Å². The van der Waals surface area contributed by atoms with Gasteiger partial charge >= 0.3 is 5.69 Å². The number of hydrogen-bond donors (Lipinski definition) is 1. The van der Waals surface area contributed by atoms with Crippen LogP contribution in [0.3, 0.4) is 0 Å². The molecular formula is C24H19BFN5O4. The van der Waals surface area contributed by atoms with E-state index >= 15 is 0 Å². The Morgan fingerprint density at radius 3 is 2.34 bits per heavy atom. The summed E-state index contributed by atoms with van der Waals surface area (Å²) in [5.41, 5.74) is -0.641. The molecule has 0 unspecified atom stereocenters. The third kappa shape index (κ3) is 3.59. The molecule has 4 aromatic rings. The highest BCUT2D eigenvalue weighted by Crippen LogP contribution is 2.34. The van der Waals surface area contributed by atoms with Crippen LogP contribution in [0.25, 0.3) is 16.6 Å². The van der Waals surface area contributed by atoms with E-state index in [1.807, 2.05) is 0 Å². The van der Waals surface area contributed by atoms with E-state index in [-0.39, 0.29) is 45.2 Å². The smallest absolute Gasteiger partial charge is 0.336 e. The second-order valence-corrected chi connectivity index (χ2v) is 8.56. The van der Waals surface area contributed by atoms with Crippen molar-refractivity contribution in [1.29, 1.82) is 0 Å². The first kappa shape index (κ1) is 22.5. The SMILES string of the molecule is [B]c1ccc(Nc2c3c(=O)n(C4CC4)c(=O)n(-c4ccc(N=O)cc4)c3c(C)c(=O)n2C)c(F)c1. The fourth-order valence-electron chi connectivity index (χ4n) is 4.28. The van der Waals surface area contributed by atoms with Gasteiger partial charge in [-0.2, -0.15) is 0 Å². The highest BCUT2D eigenvalue weighted by atomic mass is 19.1. The summed E-state index contributed by atoms with van der Waals surface area (Å²) in [4.78, 5) is 51.4. The van der Waals surface area contributed by atoms with Gasteiger partial charge in [0, 0.05) is 18.7 Å². The van der Waals surface area contributed by atoms with E-state index in [9.17, 15) is 23.7 Å². The van der Waals surface area contributed by atoms with Gasteiger partial charge in [0.05, 0.1) is 16.9 Å². The Morgan fingerprint density at radius 1 is 1.06 bits per heavy atom. The first-order valence-electron chi connectivity index (χ1n) is 10.9. The van der Waals surface area contributed by atoms with Gasteiger partial charge in [0.15, 0.2) is 0 Å². The van der Waals surface area contributed by atoms with Gasteiger partial charge in [0.25, 0.3) is 11.1 Å². The van der Waals surface area contributed by atoms with Gasteiger partial charge in [-0.05, 0) is 61.3 Å². The minimum absolute atomic E-state index is 0.0101. The zero-order chi connectivity index (χ0) is 25.0. The van der Waals surface area contributed by atoms with Crippen molar-refractivity contribution in [3.05, 3.63) is 89.9 Å². The number of aromatic nitrogens is 3. The van der Waals surface area contributed by atoms with Crippen LogP contribution in [-0.4, -0.2) is 21.5 Å². The van der Waals surface area contributed by atoms with Gasteiger partial charge in [-0.15, -0.1) is 4.91 Å². The molecule has 1 saturated carbocycles. The molecule has 0 bridgehead atoms. The number of benzene rings is 2. The van der Waals surface area contributed by atoms with Crippen LogP contribution in [0.5, 0.6) is 0 Å². The van der Waals surface area contributed by atoms with Gasteiger partial charge in [-0.1, -0.05) is 11.5 Å². The number of fused-ring (bicyclic) bond motifs is 1. The van der Waals surface area contributed by atoms with Crippen molar-refractivity contribution in [3.63, 3.8) is 0 Å². The number of halogens is 1. The van der Waals surface area contributed by atoms with Crippen LogP contribution >= 0.6 is 0 Å². The number of anilines is 2. The summed E-state index contributed by atoms with van der Waals surface area (Å²) >= 11 is 0. The zero-order valence-corrected chi connectivity index (χ0v) is 18.9. The largest absolute Gasteiger partial charge is 0.338 e. The highest BCUT2D eigenvalue weighted by molar-refractivity contribution is 6.32. The maximum atomic E-state index is 14.6. The predicted octanol–water partition coefficient (Wildman–Crippen LogP) is 2.57. The second-order valence-electron chi connectivity index (χ2n) is 8.56.